The van der Waals surface area contributed by atoms with E-state index in [1.54, 1.807) is 31.5 Å². The molecule has 41 heavy (non-hydrogen) atoms. The van der Waals surface area contributed by atoms with Crippen molar-refractivity contribution < 1.29 is 13.9 Å². The molecule has 0 spiro atoms. The number of anilines is 2. The number of nitrogens with zero attached hydrogens (tertiary/aromatic N) is 4. The van der Waals surface area contributed by atoms with Crippen LogP contribution in [0.1, 0.15) is 40.9 Å². The van der Waals surface area contributed by atoms with Crippen LogP contribution >= 0.6 is 0 Å². The first-order chi connectivity index (χ1) is 19.9. The molecule has 3 heterocycles. The maximum absolute atomic E-state index is 15.1. The van der Waals surface area contributed by atoms with Gasteiger partial charge in [0.15, 0.2) is 0 Å². The summed E-state index contributed by atoms with van der Waals surface area (Å²) in [5.41, 5.74) is 5.06. The minimum atomic E-state index is -0.379. The maximum atomic E-state index is 15.1. The predicted octanol–water partition coefficient (Wildman–Crippen LogP) is 5.21. The van der Waals surface area contributed by atoms with Crippen molar-refractivity contribution in [3.8, 4) is 17.0 Å². The van der Waals surface area contributed by atoms with E-state index in [0.717, 1.165) is 16.8 Å². The highest BCUT2D eigenvalue weighted by molar-refractivity contribution is 6.17. The fraction of sp³-hybridized carbons (Fsp3) is 0.250. The second-order valence-corrected chi connectivity index (χ2v) is 10.5. The molecule has 6 rings (SSSR count). The van der Waals surface area contributed by atoms with Gasteiger partial charge in [0.1, 0.15) is 11.6 Å². The van der Waals surface area contributed by atoms with Crippen molar-refractivity contribution in [2.45, 2.75) is 32.5 Å². The van der Waals surface area contributed by atoms with Gasteiger partial charge in [-0.2, -0.15) is 0 Å². The van der Waals surface area contributed by atoms with Crippen LogP contribution in [0, 0.1) is 5.82 Å². The van der Waals surface area contributed by atoms with Crippen LogP contribution in [0.3, 0.4) is 0 Å². The molecule has 2 unspecified atom stereocenters. The third kappa shape index (κ3) is 5.40. The van der Waals surface area contributed by atoms with Gasteiger partial charge < -0.3 is 20.3 Å². The molecule has 2 aliphatic heterocycles. The molecule has 1 amide bonds. The molecule has 0 saturated carbocycles. The SMILES string of the molecule is COc1cccc(Nc2ncc3c(n2)-c2ccc(C(=O)N4CC(C)NC(C)C4)cc2C(c2ccccc2F)=NC3)c1. The Morgan fingerprint density at radius 3 is 2.59 bits per heavy atom. The molecule has 1 fully saturated rings. The Morgan fingerprint density at radius 2 is 1.80 bits per heavy atom. The van der Waals surface area contributed by atoms with Crippen molar-refractivity contribution in [1.29, 1.82) is 0 Å². The lowest BCUT2D eigenvalue weighted by molar-refractivity contribution is 0.0674. The molecular formula is C32H31FN6O2. The first kappa shape index (κ1) is 26.6. The number of aromatic nitrogens is 2. The second-order valence-electron chi connectivity index (χ2n) is 10.5. The smallest absolute Gasteiger partial charge is 0.253 e. The number of ether oxygens (including phenoxy) is 1. The average molecular weight is 551 g/mol. The molecule has 1 saturated heterocycles. The lowest BCUT2D eigenvalue weighted by Crippen LogP contribution is -2.55. The van der Waals surface area contributed by atoms with Crippen LogP contribution < -0.4 is 15.4 Å². The van der Waals surface area contributed by atoms with Crippen LogP contribution in [0.15, 0.2) is 77.9 Å². The number of benzene rings is 3. The second kappa shape index (κ2) is 11.1. The van der Waals surface area contributed by atoms with Gasteiger partial charge in [-0.15, -0.1) is 0 Å². The van der Waals surface area contributed by atoms with E-state index < -0.39 is 0 Å². The molecule has 9 heteroatoms. The van der Waals surface area contributed by atoms with Crippen LogP contribution in [0.4, 0.5) is 16.0 Å². The number of halogens is 1. The zero-order valence-electron chi connectivity index (χ0n) is 23.2. The summed E-state index contributed by atoms with van der Waals surface area (Å²) in [7, 11) is 1.62. The quantitative estimate of drug-likeness (QED) is 0.355. The summed E-state index contributed by atoms with van der Waals surface area (Å²) in [5.74, 6) is 0.675. The summed E-state index contributed by atoms with van der Waals surface area (Å²) in [6.07, 6.45) is 1.74. The number of nitrogens with one attached hydrogen (secondary N) is 2. The molecule has 2 aliphatic rings. The fourth-order valence-corrected chi connectivity index (χ4v) is 5.53. The Balaban J connectivity index is 1.44. The van der Waals surface area contributed by atoms with Gasteiger partial charge >= 0.3 is 0 Å². The van der Waals surface area contributed by atoms with Gasteiger partial charge in [0.05, 0.1) is 25.1 Å². The number of piperazine rings is 1. The highest BCUT2D eigenvalue weighted by Crippen LogP contribution is 2.34. The highest BCUT2D eigenvalue weighted by Gasteiger charge is 2.28. The lowest BCUT2D eigenvalue weighted by Gasteiger charge is -2.36. The molecule has 0 aliphatic carbocycles. The minimum absolute atomic E-state index is 0.0616. The Morgan fingerprint density at radius 1 is 1.00 bits per heavy atom. The summed E-state index contributed by atoms with van der Waals surface area (Å²) in [6, 6.07) is 20.0. The van der Waals surface area contributed by atoms with E-state index in [-0.39, 0.29) is 30.4 Å². The number of hydrogen-bond acceptors (Lipinski definition) is 7. The number of fused-ring (bicyclic) bond motifs is 3. The van der Waals surface area contributed by atoms with Crippen LogP contribution in [0.5, 0.6) is 5.75 Å². The number of aliphatic imine (C=N–C) groups is 1. The Hall–Kier alpha value is -4.63. The van der Waals surface area contributed by atoms with E-state index in [1.807, 2.05) is 47.4 Å². The standard InChI is InChI=1S/C32H31FN6O2/c1-19-17-39(18-20(2)36-19)31(40)21-11-12-25-27(13-21)30(26-9-4-5-10-28(26)33)34-15-22-16-35-32(38-29(22)25)37-23-7-6-8-24(14-23)41-3/h4-14,16,19-20,36H,15,17-18H2,1-3H3,(H,35,37,38). The van der Waals surface area contributed by atoms with Crippen molar-refractivity contribution in [2.24, 2.45) is 4.99 Å². The Bertz CT molecular complexity index is 1650. The van der Waals surface area contributed by atoms with E-state index in [1.165, 1.54) is 6.07 Å². The predicted molar refractivity (Wildman–Crippen MR) is 157 cm³/mol. The summed E-state index contributed by atoms with van der Waals surface area (Å²) >= 11 is 0. The molecule has 0 bridgehead atoms. The van der Waals surface area contributed by atoms with Crippen molar-refractivity contribution in [1.82, 2.24) is 20.2 Å². The Labute approximate surface area is 238 Å². The summed E-state index contributed by atoms with van der Waals surface area (Å²) in [5, 5.41) is 6.71. The van der Waals surface area contributed by atoms with E-state index >= 15 is 4.39 Å². The van der Waals surface area contributed by atoms with Crippen LogP contribution in [-0.2, 0) is 6.54 Å². The van der Waals surface area contributed by atoms with Gasteiger partial charge in [-0.05, 0) is 50.2 Å². The molecule has 8 nitrogen and oxygen atoms in total. The van der Waals surface area contributed by atoms with Crippen molar-refractivity contribution in [2.75, 3.05) is 25.5 Å². The fourth-order valence-electron chi connectivity index (χ4n) is 5.53. The molecule has 2 N–H and O–H groups in total. The largest absolute Gasteiger partial charge is 0.497 e. The minimum Gasteiger partial charge on any atom is -0.497 e. The highest BCUT2D eigenvalue weighted by atomic mass is 19.1. The molecule has 4 aromatic rings. The molecule has 2 atom stereocenters. The van der Waals surface area contributed by atoms with Crippen molar-refractivity contribution in [3.63, 3.8) is 0 Å². The molecular weight excluding hydrogens is 519 g/mol. The summed E-state index contributed by atoms with van der Waals surface area (Å²) in [6.45, 7) is 5.64. The van der Waals surface area contributed by atoms with E-state index in [2.05, 4.69) is 29.5 Å². The van der Waals surface area contributed by atoms with Gasteiger partial charge in [-0.1, -0.05) is 24.3 Å². The summed E-state index contributed by atoms with van der Waals surface area (Å²) in [4.78, 5) is 29.8. The van der Waals surface area contributed by atoms with Crippen molar-refractivity contribution in [3.05, 3.63) is 101 Å². The monoisotopic (exact) mass is 550 g/mol. The van der Waals surface area contributed by atoms with E-state index in [4.69, 9.17) is 14.7 Å². The number of amides is 1. The molecule has 0 radical (unpaired) electrons. The number of hydrogen-bond donors (Lipinski definition) is 2. The zero-order chi connectivity index (χ0) is 28.5. The van der Waals surface area contributed by atoms with E-state index in [9.17, 15) is 4.79 Å². The third-order valence-corrected chi connectivity index (χ3v) is 7.35. The van der Waals surface area contributed by atoms with E-state index in [0.29, 0.717) is 52.9 Å². The van der Waals surface area contributed by atoms with Gasteiger partial charge in [0.2, 0.25) is 5.95 Å². The Kier molecular flexibility index (Phi) is 7.19. The normalized spacial score (nSPS) is 18.0. The molecule has 1 aromatic heterocycles. The van der Waals surface area contributed by atoms with Crippen LogP contribution in [0.25, 0.3) is 11.3 Å². The third-order valence-electron chi connectivity index (χ3n) is 7.35. The maximum Gasteiger partial charge on any atom is 0.253 e. The van der Waals surface area contributed by atoms with Gasteiger partial charge in [0, 0.05) is 70.9 Å². The number of carbonyl (C=O) groups is 1. The van der Waals surface area contributed by atoms with Gasteiger partial charge in [0.25, 0.3) is 5.91 Å². The first-order valence-electron chi connectivity index (χ1n) is 13.7. The lowest BCUT2D eigenvalue weighted by atomic mass is 9.93. The topological polar surface area (TPSA) is 91.7 Å². The molecule has 208 valence electrons. The zero-order valence-corrected chi connectivity index (χ0v) is 23.2. The number of rotatable bonds is 5. The van der Waals surface area contributed by atoms with Crippen LogP contribution in [0.2, 0.25) is 0 Å². The van der Waals surface area contributed by atoms with Crippen molar-refractivity contribution >= 4 is 23.3 Å². The number of carbonyl (C=O) groups excluding carboxylic acids is 1. The van der Waals surface area contributed by atoms with Gasteiger partial charge in [-0.3, -0.25) is 9.79 Å². The average Bonchev–Trinajstić information content (AvgIpc) is 3.13. The molecule has 3 aromatic carbocycles. The van der Waals surface area contributed by atoms with Crippen LogP contribution in [-0.4, -0.2) is 58.8 Å². The number of methoxy groups -OCH3 is 1. The first-order valence-corrected chi connectivity index (χ1v) is 13.7. The summed E-state index contributed by atoms with van der Waals surface area (Å²) < 4.78 is 20.5. The van der Waals surface area contributed by atoms with Gasteiger partial charge in [-0.25, -0.2) is 14.4 Å².